The smallest absolute Gasteiger partial charge is 0.225 e. The molecule has 0 aromatic carbocycles. The highest BCUT2D eigenvalue weighted by atomic mass is 16.3. The molecule has 1 aliphatic carbocycles. The molecule has 15 heavy (non-hydrogen) atoms. The van der Waals surface area contributed by atoms with Crippen LogP contribution in [0.1, 0.15) is 39.5 Å². The summed E-state index contributed by atoms with van der Waals surface area (Å²) < 4.78 is 0. The van der Waals surface area contributed by atoms with E-state index in [0.717, 1.165) is 32.2 Å². The molecule has 1 unspecified atom stereocenters. The Bertz CT molecular complexity index is 212. The van der Waals surface area contributed by atoms with Crippen LogP contribution >= 0.6 is 0 Å². The van der Waals surface area contributed by atoms with Crippen LogP contribution in [0.5, 0.6) is 0 Å². The van der Waals surface area contributed by atoms with Gasteiger partial charge in [0.1, 0.15) is 0 Å². The van der Waals surface area contributed by atoms with Gasteiger partial charge in [-0.3, -0.25) is 4.79 Å². The number of aliphatic hydroxyl groups excluding tert-OH is 1. The van der Waals surface area contributed by atoms with Crippen molar-refractivity contribution < 1.29 is 9.90 Å². The monoisotopic (exact) mass is 213 g/mol. The van der Waals surface area contributed by atoms with E-state index in [9.17, 15) is 4.79 Å². The second kappa shape index (κ2) is 5.50. The van der Waals surface area contributed by atoms with Gasteiger partial charge in [-0.05, 0) is 25.2 Å². The van der Waals surface area contributed by atoms with E-state index in [2.05, 4.69) is 6.92 Å². The Morgan fingerprint density at radius 3 is 2.60 bits per heavy atom. The fraction of sp³-hybridized carbons (Fsp3) is 0.917. The third-order valence-corrected chi connectivity index (χ3v) is 3.26. The third-order valence-electron chi connectivity index (χ3n) is 3.26. The molecule has 1 amide bonds. The lowest BCUT2D eigenvalue weighted by Gasteiger charge is -2.35. The van der Waals surface area contributed by atoms with Gasteiger partial charge in [-0.1, -0.05) is 20.3 Å². The van der Waals surface area contributed by atoms with E-state index in [-0.39, 0.29) is 17.9 Å². The Morgan fingerprint density at radius 2 is 2.13 bits per heavy atom. The Hall–Kier alpha value is -0.570. The molecular formula is C12H23NO2. The summed E-state index contributed by atoms with van der Waals surface area (Å²) in [6, 6.07) is 0. The summed E-state index contributed by atoms with van der Waals surface area (Å²) in [5.74, 6) is 0.908. The van der Waals surface area contributed by atoms with Crippen molar-refractivity contribution >= 4 is 5.91 Å². The number of carbonyl (C=O) groups is 1. The average Bonchev–Trinajstić information content (AvgIpc) is 2.14. The molecule has 3 heteroatoms. The summed E-state index contributed by atoms with van der Waals surface area (Å²) in [4.78, 5) is 13.7. The summed E-state index contributed by atoms with van der Waals surface area (Å²) in [5.41, 5.74) is 0. The lowest BCUT2D eigenvalue weighted by atomic mass is 9.82. The van der Waals surface area contributed by atoms with Crippen molar-refractivity contribution in [3.05, 3.63) is 0 Å². The normalized spacial score (nSPS) is 26.9. The molecule has 0 saturated heterocycles. The SMILES string of the molecule is CCCC(C)C(=O)N(C)CC1CC(O)C1. The predicted molar refractivity (Wildman–Crippen MR) is 60.4 cm³/mol. The van der Waals surface area contributed by atoms with Gasteiger partial charge in [0.15, 0.2) is 0 Å². The number of amides is 1. The maximum absolute atomic E-state index is 11.9. The summed E-state index contributed by atoms with van der Waals surface area (Å²) in [7, 11) is 1.87. The molecule has 1 atom stereocenters. The molecule has 0 aliphatic heterocycles. The molecule has 0 spiro atoms. The van der Waals surface area contributed by atoms with E-state index in [1.807, 2.05) is 18.9 Å². The number of carbonyl (C=O) groups excluding carboxylic acids is 1. The Kier molecular flexibility index (Phi) is 4.58. The van der Waals surface area contributed by atoms with Crippen molar-refractivity contribution in [1.29, 1.82) is 0 Å². The summed E-state index contributed by atoms with van der Waals surface area (Å²) in [6.45, 7) is 4.91. The van der Waals surface area contributed by atoms with E-state index in [0.29, 0.717) is 5.92 Å². The topological polar surface area (TPSA) is 40.5 Å². The van der Waals surface area contributed by atoms with Gasteiger partial charge in [0.2, 0.25) is 5.91 Å². The van der Waals surface area contributed by atoms with Gasteiger partial charge in [0, 0.05) is 19.5 Å². The zero-order valence-corrected chi connectivity index (χ0v) is 10.1. The first kappa shape index (κ1) is 12.5. The van der Waals surface area contributed by atoms with Gasteiger partial charge < -0.3 is 10.0 Å². The Labute approximate surface area is 92.5 Å². The maximum Gasteiger partial charge on any atom is 0.225 e. The minimum Gasteiger partial charge on any atom is -0.393 e. The number of aliphatic hydroxyl groups is 1. The molecule has 1 fully saturated rings. The minimum absolute atomic E-state index is 0.119. The van der Waals surface area contributed by atoms with Crippen LogP contribution in [0.15, 0.2) is 0 Å². The van der Waals surface area contributed by atoms with E-state index in [4.69, 9.17) is 5.11 Å². The predicted octanol–water partition coefficient (Wildman–Crippen LogP) is 1.65. The molecule has 1 N–H and O–H groups in total. The van der Waals surface area contributed by atoms with Crippen LogP contribution in [0.3, 0.4) is 0 Å². The molecule has 1 saturated carbocycles. The van der Waals surface area contributed by atoms with Crippen LogP contribution in [0, 0.1) is 11.8 Å². The maximum atomic E-state index is 11.9. The van der Waals surface area contributed by atoms with Crippen LogP contribution in [-0.4, -0.2) is 35.6 Å². The third kappa shape index (κ3) is 3.49. The van der Waals surface area contributed by atoms with Gasteiger partial charge in [0.05, 0.1) is 6.10 Å². The fourth-order valence-corrected chi connectivity index (χ4v) is 2.26. The summed E-state index contributed by atoms with van der Waals surface area (Å²) in [6.07, 6.45) is 3.63. The lowest BCUT2D eigenvalue weighted by Crippen LogP contribution is -2.41. The van der Waals surface area contributed by atoms with Gasteiger partial charge in [-0.2, -0.15) is 0 Å². The van der Waals surface area contributed by atoms with E-state index in [1.165, 1.54) is 0 Å². The molecule has 0 heterocycles. The number of hydrogen-bond donors (Lipinski definition) is 1. The summed E-state index contributed by atoms with van der Waals surface area (Å²) in [5, 5.41) is 9.16. The van der Waals surface area contributed by atoms with E-state index in [1.54, 1.807) is 0 Å². The first-order valence-electron chi connectivity index (χ1n) is 5.97. The fourth-order valence-electron chi connectivity index (χ4n) is 2.26. The highest BCUT2D eigenvalue weighted by molar-refractivity contribution is 5.78. The Morgan fingerprint density at radius 1 is 1.53 bits per heavy atom. The van der Waals surface area contributed by atoms with Crippen molar-refractivity contribution in [2.45, 2.75) is 45.6 Å². The van der Waals surface area contributed by atoms with Crippen molar-refractivity contribution in [3.8, 4) is 0 Å². The number of rotatable bonds is 5. The molecule has 0 aromatic heterocycles. The molecular weight excluding hydrogens is 190 g/mol. The van der Waals surface area contributed by atoms with Crippen LogP contribution in [0.2, 0.25) is 0 Å². The van der Waals surface area contributed by atoms with Crippen LogP contribution in [-0.2, 0) is 4.79 Å². The van der Waals surface area contributed by atoms with Gasteiger partial charge in [-0.15, -0.1) is 0 Å². The lowest BCUT2D eigenvalue weighted by molar-refractivity contribution is -0.135. The van der Waals surface area contributed by atoms with Gasteiger partial charge >= 0.3 is 0 Å². The van der Waals surface area contributed by atoms with Crippen LogP contribution in [0.25, 0.3) is 0 Å². The van der Waals surface area contributed by atoms with Crippen LogP contribution < -0.4 is 0 Å². The number of hydrogen-bond acceptors (Lipinski definition) is 2. The molecule has 0 aromatic rings. The standard InChI is InChI=1S/C12H23NO2/c1-4-5-9(2)12(15)13(3)8-10-6-11(14)7-10/h9-11,14H,4-8H2,1-3H3. The van der Waals surface area contributed by atoms with Crippen molar-refractivity contribution in [3.63, 3.8) is 0 Å². The van der Waals surface area contributed by atoms with E-state index >= 15 is 0 Å². The zero-order valence-electron chi connectivity index (χ0n) is 10.1. The quantitative estimate of drug-likeness (QED) is 0.754. The molecule has 1 rings (SSSR count). The summed E-state index contributed by atoms with van der Waals surface area (Å²) >= 11 is 0. The van der Waals surface area contributed by atoms with Crippen LogP contribution in [0.4, 0.5) is 0 Å². The number of nitrogens with zero attached hydrogens (tertiary/aromatic N) is 1. The second-order valence-corrected chi connectivity index (χ2v) is 4.90. The molecule has 0 bridgehead atoms. The van der Waals surface area contributed by atoms with Gasteiger partial charge in [-0.25, -0.2) is 0 Å². The van der Waals surface area contributed by atoms with Crippen molar-refractivity contribution in [1.82, 2.24) is 4.90 Å². The van der Waals surface area contributed by atoms with Gasteiger partial charge in [0.25, 0.3) is 0 Å². The zero-order chi connectivity index (χ0) is 11.4. The highest BCUT2D eigenvalue weighted by Gasteiger charge is 2.29. The van der Waals surface area contributed by atoms with Crippen molar-refractivity contribution in [2.24, 2.45) is 11.8 Å². The highest BCUT2D eigenvalue weighted by Crippen LogP contribution is 2.28. The molecule has 1 aliphatic rings. The van der Waals surface area contributed by atoms with Crippen molar-refractivity contribution in [2.75, 3.05) is 13.6 Å². The Balaban J connectivity index is 2.26. The second-order valence-electron chi connectivity index (χ2n) is 4.90. The largest absolute Gasteiger partial charge is 0.393 e. The minimum atomic E-state index is -0.119. The average molecular weight is 213 g/mol. The molecule has 88 valence electrons. The first-order valence-corrected chi connectivity index (χ1v) is 5.97. The first-order chi connectivity index (χ1) is 7.04. The molecule has 3 nitrogen and oxygen atoms in total. The molecule has 0 radical (unpaired) electrons. The van der Waals surface area contributed by atoms with E-state index < -0.39 is 0 Å².